The molecular formula is C20H31N3O4. The molecule has 0 spiro atoms. The molecule has 7 heteroatoms. The highest BCUT2D eigenvalue weighted by Crippen LogP contribution is 2.19. The lowest BCUT2D eigenvalue weighted by Gasteiger charge is -2.43. The fourth-order valence-corrected chi connectivity index (χ4v) is 3.12. The van der Waals surface area contributed by atoms with Crippen molar-refractivity contribution < 1.29 is 19.4 Å². The predicted octanol–water partition coefficient (Wildman–Crippen LogP) is 2.17. The summed E-state index contributed by atoms with van der Waals surface area (Å²) in [6.45, 7) is 10.6. The molecule has 1 amide bonds. The van der Waals surface area contributed by atoms with Crippen LogP contribution in [0.25, 0.3) is 0 Å². The molecule has 0 aromatic heterocycles. The summed E-state index contributed by atoms with van der Waals surface area (Å²) in [7, 11) is 0. The third-order valence-corrected chi connectivity index (χ3v) is 4.76. The lowest BCUT2D eigenvalue weighted by atomic mass is 9.98. The van der Waals surface area contributed by atoms with Crippen molar-refractivity contribution in [3.05, 3.63) is 35.9 Å². The van der Waals surface area contributed by atoms with Gasteiger partial charge < -0.3 is 15.2 Å². The van der Waals surface area contributed by atoms with E-state index in [-0.39, 0.29) is 6.54 Å². The first-order chi connectivity index (χ1) is 12.6. The second kappa shape index (κ2) is 8.71. The number of carbonyl (C=O) groups excluding carboxylic acids is 1. The molecule has 27 heavy (non-hydrogen) atoms. The molecule has 1 saturated heterocycles. The van der Waals surface area contributed by atoms with Crippen molar-refractivity contribution in [2.75, 3.05) is 32.7 Å². The number of piperazine rings is 1. The number of benzene rings is 1. The van der Waals surface area contributed by atoms with E-state index in [1.807, 2.05) is 23.1 Å². The van der Waals surface area contributed by atoms with Crippen LogP contribution >= 0.6 is 0 Å². The van der Waals surface area contributed by atoms with Gasteiger partial charge in [-0.15, -0.1) is 0 Å². The second-order valence-electron chi connectivity index (χ2n) is 8.18. The Hall–Kier alpha value is -2.12. The van der Waals surface area contributed by atoms with Gasteiger partial charge in [0.2, 0.25) is 0 Å². The first-order valence-electron chi connectivity index (χ1n) is 9.32. The summed E-state index contributed by atoms with van der Waals surface area (Å²) >= 11 is 0. The van der Waals surface area contributed by atoms with Crippen molar-refractivity contribution in [1.82, 2.24) is 15.1 Å². The molecule has 0 radical (unpaired) electrons. The molecule has 0 unspecified atom stereocenters. The fourth-order valence-electron chi connectivity index (χ4n) is 3.12. The van der Waals surface area contributed by atoms with Gasteiger partial charge in [0.15, 0.2) is 0 Å². The number of rotatable bonds is 6. The number of nitrogens with zero attached hydrogens (tertiary/aromatic N) is 2. The molecule has 1 aromatic rings. The van der Waals surface area contributed by atoms with E-state index in [4.69, 9.17) is 4.74 Å². The highest BCUT2D eigenvalue weighted by molar-refractivity contribution is 5.80. The molecule has 1 fully saturated rings. The number of hydrogen-bond acceptors (Lipinski definition) is 5. The van der Waals surface area contributed by atoms with Crippen LogP contribution in [0.4, 0.5) is 4.79 Å². The van der Waals surface area contributed by atoms with Crippen LogP contribution in [0.5, 0.6) is 0 Å². The zero-order chi connectivity index (χ0) is 20.1. The van der Waals surface area contributed by atoms with Crippen molar-refractivity contribution in [3.63, 3.8) is 0 Å². The quantitative estimate of drug-likeness (QED) is 0.791. The topological polar surface area (TPSA) is 82.1 Å². The van der Waals surface area contributed by atoms with Crippen molar-refractivity contribution in [2.45, 2.75) is 45.4 Å². The van der Waals surface area contributed by atoms with E-state index in [1.54, 1.807) is 27.7 Å². The fraction of sp³-hybridized carbons (Fsp3) is 0.600. The van der Waals surface area contributed by atoms with Crippen molar-refractivity contribution in [2.24, 2.45) is 0 Å². The number of carbonyl (C=O) groups is 2. The standard InChI is InChI=1S/C20H31N3O4/c1-19(2,3)27-18(26)21-15-20(4,17(24)25)23-12-10-22(11-13-23)14-16-8-6-5-7-9-16/h5-9H,10-15H2,1-4H3,(H,21,26)(H,24,25)/t20-/m0/s1. The maximum Gasteiger partial charge on any atom is 0.407 e. The molecule has 1 aliphatic rings. The summed E-state index contributed by atoms with van der Waals surface area (Å²) in [6.07, 6.45) is -0.599. The number of carboxylic acids is 1. The Labute approximate surface area is 161 Å². The Bertz CT molecular complexity index is 636. The van der Waals surface area contributed by atoms with Gasteiger partial charge in [-0.3, -0.25) is 14.6 Å². The first kappa shape index (κ1) is 21.2. The molecule has 2 N–H and O–H groups in total. The van der Waals surface area contributed by atoms with Crippen LogP contribution in [-0.4, -0.2) is 70.8 Å². The van der Waals surface area contributed by atoms with Crippen molar-refractivity contribution >= 4 is 12.1 Å². The molecule has 2 rings (SSSR count). The summed E-state index contributed by atoms with van der Waals surface area (Å²) in [6, 6.07) is 10.2. The Balaban J connectivity index is 1.91. The Morgan fingerprint density at radius 3 is 2.19 bits per heavy atom. The highest BCUT2D eigenvalue weighted by atomic mass is 16.6. The summed E-state index contributed by atoms with van der Waals surface area (Å²) in [5.74, 6) is -0.949. The summed E-state index contributed by atoms with van der Waals surface area (Å²) in [4.78, 5) is 28.1. The number of hydrogen-bond donors (Lipinski definition) is 2. The molecule has 7 nitrogen and oxygen atoms in total. The van der Waals surface area contributed by atoms with Crippen LogP contribution in [-0.2, 0) is 16.1 Å². The molecule has 0 saturated carbocycles. The van der Waals surface area contributed by atoms with E-state index in [2.05, 4.69) is 22.3 Å². The first-order valence-corrected chi connectivity index (χ1v) is 9.32. The van der Waals surface area contributed by atoms with Gasteiger partial charge in [-0.25, -0.2) is 4.79 Å². The van der Waals surface area contributed by atoms with Gasteiger partial charge in [0.05, 0.1) is 0 Å². The average Bonchev–Trinajstić information content (AvgIpc) is 2.59. The monoisotopic (exact) mass is 377 g/mol. The number of aliphatic carboxylic acids is 1. The predicted molar refractivity (Wildman–Crippen MR) is 104 cm³/mol. The van der Waals surface area contributed by atoms with E-state index in [9.17, 15) is 14.7 Å². The molecule has 150 valence electrons. The molecule has 0 bridgehead atoms. The summed E-state index contributed by atoms with van der Waals surface area (Å²) in [5.41, 5.74) is -0.541. The van der Waals surface area contributed by atoms with Crippen LogP contribution in [0, 0.1) is 0 Å². The van der Waals surface area contributed by atoms with E-state index in [0.29, 0.717) is 13.1 Å². The van der Waals surface area contributed by atoms with Crippen molar-refractivity contribution in [1.29, 1.82) is 0 Å². The number of nitrogens with one attached hydrogen (secondary N) is 1. The molecule has 0 aliphatic carbocycles. The van der Waals surface area contributed by atoms with Crippen LogP contribution in [0.15, 0.2) is 30.3 Å². The molecule has 1 aliphatic heterocycles. The van der Waals surface area contributed by atoms with Crippen LogP contribution in [0.3, 0.4) is 0 Å². The van der Waals surface area contributed by atoms with Gasteiger partial charge in [-0.1, -0.05) is 30.3 Å². The number of ether oxygens (including phenoxy) is 1. The number of carboxylic acid groups (broad SMARTS) is 1. The minimum atomic E-state index is -1.17. The molecule has 1 atom stereocenters. The zero-order valence-corrected chi connectivity index (χ0v) is 16.7. The van der Waals surface area contributed by atoms with Crippen LogP contribution in [0.1, 0.15) is 33.3 Å². The maximum atomic E-state index is 11.9. The average molecular weight is 377 g/mol. The zero-order valence-electron chi connectivity index (χ0n) is 16.7. The van der Waals surface area contributed by atoms with Gasteiger partial charge in [0.25, 0.3) is 0 Å². The number of alkyl carbamates (subject to hydrolysis) is 1. The van der Waals surface area contributed by atoms with E-state index >= 15 is 0 Å². The van der Waals surface area contributed by atoms with Crippen molar-refractivity contribution in [3.8, 4) is 0 Å². The lowest BCUT2D eigenvalue weighted by molar-refractivity contribution is -0.151. The SMILES string of the molecule is CC(C)(C)OC(=O)NC[C@@](C)(C(=O)O)N1CCN(Cc2ccccc2)CC1. The minimum Gasteiger partial charge on any atom is -0.480 e. The van der Waals surface area contributed by atoms with E-state index < -0.39 is 23.2 Å². The molecular weight excluding hydrogens is 346 g/mol. The smallest absolute Gasteiger partial charge is 0.407 e. The highest BCUT2D eigenvalue weighted by Gasteiger charge is 2.41. The number of amides is 1. The van der Waals surface area contributed by atoms with Gasteiger partial charge in [-0.2, -0.15) is 0 Å². The van der Waals surface area contributed by atoms with Crippen LogP contribution < -0.4 is 5.32 Å². The maximum absolute atomic E-state index is 11.9. The second-order valence-corrected chi connectivity index (χ2v) is 8.18. The Morgan fingerprint density at radius 1 is 1.07 bits per heavy atom. The Morgan fingerprint density at radius 2 is 1.67 bits per heavy atom. The van der Waals surface area contributed by atoms with Crippen LogP contribution in [0.2, 0.25) is 0 Å². The van der Waals surface area contributed by atoms with Gasteiger partial charge in [-0.05, 0) is 33.3 Å². The lowest BCUT2D eigenvalue weighted by Crippen LogP contribution is -2.63. The van der Waals surface area contributed by atoms with Gasteiger partial charge >= 0.3 is 12.1 Å². The third-order valence-electron chi connectivity index (χ3n) is 4.76. The van der Waals surface area contributed by atoms with Gasteiger partial charge in [0.1, 0.15) is 11.1 Å². The van der Waals surface area contributed by atoms with E-state index in [0.717, 1.165) is 19.6 Å². The third kappa shape index (κ3) is 6.22. The minimum absolute atomic E-state index is 0.00404. The van der Waals surface area contributed by atoms with Gasteiger partial charge in [0, 0.05) is 39.3 Å². The normalized spacial score (nSPS) is 18.5. The largest absolute Gasteiger partial charge is 0.480 e. The summed E-state index contributed by atoms with van der Waals surface area (Å²) < 4.78 is 5.21. The molecule has 1 heterocycles. The Kier molecular flexibility index (Phi) is 6.84. The van der Waals surface area contributed by atoms with E-state index in [1.165, 1.54) is 5.56 Å². The summed E-state index contributed by atoms with van der Waals surface area (Å²) in [5, 5.41) is 12.4. The molecule has 1 aromatic carbocycles.